The highest BCUT2D eigenvalue weighted by Gasteiger charge is 2.37. The van der Waals surface area contributed by atoms with Gasteiger partial charge in [-0.1, -0.05) is 44.9 Å². The Bertz CT molecular complexity index is 715. The fraction of sp³-hybridized carbons (Fsp3) is 0.450. The van der Waals surface area contributed by atoms with Gasteiger partial charge in [-0.25, -0.2) is 0 Å². The summed E-state index contributed by atoms with van der Waals surface area (Å²) in [5, 5.41) is 3.34. The molecule has 0 saturated heterocycles. The molecule has 0 radical (unpaired) electrons. The third-order valence-electron chi connectivity index (χ3n) is 3.92. The minimum absolute atomic E-state index is 0.114. The molecule has 0 amide bonds. The van der Waals surface area contributed by atoms with E-state index in [1.165, 1.54) is 25.0 Å². The number of aldehydes is 1. The maximum atomic E-state index is 13.1. The molecule has 0 bridgehead atoms. The van der Waals surface area contributed by atoms with Crippen LogP contribution in [0, 0.1) is 0 Å². The second kappa shape index (κ2) is 11.5. The Balaban J connectivity index is 0.000000828. The van der Waals surface area contributed by atoms with Crippen molar-refractivity contribution in [3.63, 3.8) is 0 Å². The van der Waals surface area contributed by atoms with Crippen LogP contribution in [-0.4, -0.2) is 12.8 Å². The van der Waals surface area contributed by atoms with Crippen molar-refractivity contribution in [1.82, 2.24) is 5.32 Å². The number of rotatable bonds is 8. The number of hydrogen-bond donors (Lipinski definition) is 1. The Kier molecular flexibility index (Phi) is 9.78. The zero-order chi connectivity index (χ0) is 20.3. The van der Waals surface area contributed by atoms with Gasteiger partial charge in [0.05, 0.1) is 0 Å². The van der Waals surface area contributed by atoms with Crippen LogP contribution < -0.4 is 10.3 Å². The van der Waals surface area contributed by atoms with Crippen LogP contribution in [0.1, 0.15) is 50.7 Å². The summed E-state index contributed by atoms with van der Waals surface area (Å²) in [6.07, 6.45) is -0.0748. The van der Waals surface area contributed by atoms with Crippen molar-refractivity contribution in [3.8, 4) is 5.75 Å². The fourth-order valence-corrected chi connectivity index (χ4v) is 2.37. The predicted molar refractivity (Wildman–Crippen MR) is 98.3 cm³/mol. The first-order valence-corrected chi connectivity index (χ1v) is 8.94. The third kappa shape index (κ3) is 7.17. The van der Waals surface area contributed by atoms with Gasteiger partial charge in [0.1, 0.15) is 11.8 Å². The normalized spacial score (nSPS) is 11.0. The van der Waals surface area contributed by atoms with Gasteiger partial charge in [-0.2, -0.15) is 13.2 Å². The first-order chi connectivity index (χ1) is 12.9. The van der Waals surface area contributed by atoms with Gasteiger partial charge in [0.15, 0.2) is 5.75 Å². The highest BCUT2D eigenvalue weighted by molar-refractivity contribution is 5.89. The Morgan fingerprint density at radius 2 is 1.81 bits per heavy atom. The van der Waals surface area contributed by atoms with Gasteiger partial charge in [-0.3, -0.25) is 4.94 Å². The summed E-state index contributed by atoms with van der Waals surface area (Å²) in [6, 6.07) is 6.82. The van der Waals surface area contributed by atoms with Crippen molar-refractivity contribution >= 4 is 17.1 Å². The van der Waals surface area contributed by atoms with E-state index in [2.05, 4.69) is 24.1 Å². The van der Waals surface area contributed by atoms with Crippen LogP contribution in [0.2, 0.25) is 0 Å². The van der Waals surface area contributed by atoms with E-state index >= 15 is 0 Å². The van der Waals surface area contributed by atoms with Crippen molar-refractivity contribution < 1.29 is 27.4 Å². The highest BCUT2D eigenvalue weighted by atomic mass is 19.4. The molecule has 0 heterocycles. The molecule has 27 heavy (non-hydrogen) atoms. The van der Waals surface area contributed by atoms with Gasteiger partial charge in [0.2, 0.25) is 0 Å². The van der Waals surface area contributed by atoms with E-state index in [1.54, 1.807) is 12.1 Å². The van der Waals surface area contributed by atoms with Crippen molar-refractivity contribution in [1.29, 1.82) is 0 Å². The van der Waals surface area contributed by atoms with E-state index in [9.17, 15) is 22.5 Å². The topological polar surface area (TPSA) is 38.3 Å². The molecule has 2 aromatic carbocycles. The molecule has 2 aromatic rings. The van der Waals surface area contributed by atoms with Gasteiger partial charge < -0.3 is 10.1 Å². The maximum Gasteiger partial charge on any atom is 0.420 e. The van der Waals surface area contributed by atoms with E-state index < -0.39 is 17.5 Å². The molecule has 1 N–H and O–H groups in total. The number of hydrogen-bond acceptors (Lipinski definition) is 3. The molecule has 0 spiro atoms. The molecular weight excluding hydrogens is 362 g/mol. The van der Waals surface area contributed by atoms with E-state index in [0.29, 0.717) is 31.3 Å². The second-order valence-corrected chi connectivity index (χ2v) is 6.05. The number of nitrogens with one attached hydrogen (secondary N) is 1. The first kappa shape index (κ1) is 22.9. The van der Waals surface area contributed by atoms with E-state index in [1.807, 2.05) is 0 Å². The second-order valence-electron chi connectivity index (χ2n) is 6.05. The summed E-state index contributed by atoms with van der Waals surface area (Å²) in [5.74, 6) is -0.843. The molecule has 0 atom stereocenters. The van der Waals surface area contributed by atoms with Crippen LogP contribution in [-0.2, 0) is 17.5 Å². The Morgan fingerprint density at radius 3 is 2.37 bits per heavy atom. The fourth-order valence-electron chi connectivity index (χ4n) is 2.37. The zero-order valence-electron chi connectivity index (χ0n) is 15.5. The van der Waals surface area contributed by atoms with Crippen LogP contribution in [0.3, 0.4) is 0 Å². The van der Waals surface area contributed by atoms with E-state index in [-0.39, 0.29) is 5.39 Å². The predicted octanol–water partition coefficient (Wildman–Crippen LogP) is 6.00. The highest BCUT2D eigenvalue weighted by Crippen LogP contribution is 2.41. The van der Waals surface area contributed by atoms with Crippen LogP contribution >= 0.6 is 0 Å². The zero-order valence-corrected chi connectivity index (χ0v) is 15.5. The quantitative estimate of drug-likeness (QED) is 0.343. The standard InChI is InChI=1S/C16H15F4NO2.C4H10/c17-16(18,19)15-13-5-3-11(10-21-7-1-2-8-22)9-12(13)4-6-14(15)23-20;1-3-4-2/h3-6,8-9,21H,1-2,7,10H2;3-4H2,1-2H3. The smallest absolute Gasteiger partial charge is 0.313 e. The lowest BCUT2D eigenvalue weighted by atomic mass is 10.0. The maximum absolute atomic E-state index is 13.1. The first-order valence-electron chi connectivity index (χ1n) is 8.94. The largest absolute Gasteiger partial charge is 0.420 e. The number of carbonyl (C=O) groups is 1. The molecule has 0 aliphatic rings. The molecule has 150 valence electrons. The van der Waals surface area contributed by atoms with Gasteiger partial charge in [-0.15, -0.1) is 0 Å². The van der Waals surface area contributed by atoms with Crippen LogP contribution in [0.5, 0.6) is 5.75 Å². The number of unbranched alkanes of at least 4 members (excludes halogenated alkanes) is 2. The van der Waals surface area contributed by atoms with Crippen molar-refractivity contribution in [2.45, 2.75) is 52.3 Å². The van der Waals surface area contributed by atoms with Gasteiger partial charge in [-0.05, 0) is 41.4 Å². The summed E-state index contributed by atoms with van der Waals surface area (Å²) in [7, 11) is 0. The van der Waals surface area contributed by atoms with Gasteiger partial charge in [0.25, 0.3) is 0 Å². The van der Waals surface area contributed by atoms with Crippen LogP contribution in [0.15, 0.2) is 30.3 Å². The lowest BCUT2D eigenvalue weighted by Crippen LogP contribution is -2.14. The van der Waals surface area contributed by atoms with Crippen LogP contribution in [0.4, 0.5) is 17.7 Å². The van der Waals surface area contributed by atoms with Crippen molar-refractivity contribution in [2.75, 3.05) is 6.54 Å². The van der Waals surface area contributed by atoms with Gasteiger partial charge >= 0.3 is 6.18 Å². The average molecular weight is 387 g/mol. The van der Waals surface area contributed by atoms with E-state index in [0.717, 1.165) is 17.9 Å². The number of halogens is 4. The molecule has 0 unspecified atom stereocenters. The molecule has 0 aliphatic carbocycles. The van der Waals surface area contributed by atoms with Crippen molar-refractivity contribution in [3.05, 3.63) is 41.5 Å². The molecular formula is C20H25F4NO2. The minimum Gasteiger partial charge on any atom is -0.313 e. The lowest BCUT2D eigenvalue weighted by Gasteiger charge is -2.13. The molecule has 2 rings (SSSR count). The number of benzene rings is 2. The molecule has 3 nitrogen and oxygen atoms in total. The number of fused-ring (bicyclic) bond motifs is 1. The lowest BCUT2D eigenvalue weighted by molar-refractivity contribution is -0.141. The average Bonchev–Trinajstić information content (AvgIpc) is 2.66. The Hall–Kier alpha value is -2.15. The number of carbonyl (C=O) groups excluding carboxylic acids is 1. The SMILES string of the molecule is CCCC.O=CCCCNCc1ccc2c(C(F)(F)F)c(OF)ccc2c1. The third-order valence-corrected chi connectivity index (χ3v) is 3.92. The summed E-state index contributed by atoms with van der Waals surface area (Å²) in [4.78, 5) is 13.5. The molecule has 0 aromatic heterocycles. The Labute approximate surface area is 156 Å². The summed E-state index contributed by atoms with van der Waals surface area (Å²) >= 11 is 0. The molecule has 0 fully saturated rings. The molecule has 7 heteroatoms. The van der Waals surface area contributed by atoms with Crippen molar-refractivity contribution in [2.24, 2.45) is 0 Å². The summed E-state index contributed by atoms with van der Waals surface area (Å²) < 4.78 is 51.7. The minimum atomic E-state index is -4.71. The van der Waals surface area contributed by atoms with E-state index in [4.69, 9.17) is 0 Å². The monoisotopic (exact) mass is 387 g/mol. The Morgan fingerprint density at radius 1 is 1.11 bits per heavy atom. The molecule has 0 saturated carbocycles. The summed E-state index contributed by atoms with van der Waals surface area (Å²) in [6.45, 7) is 5.47. The van der Waals surface area contributed by atoms with Gasteiger partial charge in [0, 0.05) is 17.5 Å². The molecule has 0 aliphatic heterocycles. The summed E-state index contributed by atoms with van der Waals surface area (Å²) in [5.41, 5.74) is -0.325. The van der Waals surface area contributed by atoms with Crippen LogP contribution in [0.25, 0.3) is 10.8 Å². The number of alkyl halides is 3.